The Bertz CT molecular complexity index is 1850. The van der Waals surface area contributed by atoms with Gasteiger partial charge in [-0.3, -0.25) is 14.4 Å². The van der Waals surface area contributed by atoms with Crippen LogP contribution in [0.2, 0.25) is 0 Å². The van der Waals surface area contributed by atoms with Gasteiger partial charge in [0.25, 0.3) is 11.8 Å². The molecule has 0 heterocycles. The molecule has 9 heteroatoms. The van der Waals surface area contributed by atoms with Crippen LogP contribution >= 0.6 is 34.4 Å². The van der Waals surface area contributed by atoms with E-state index in [-0.39, 0.29) is 11.6 Å². The van der Waals surface area contributed by atoms with E-state index in [1.807, 2.05) is 110 Å². The minimum Gasteiger partial charge on any atom is -0.494 e. The Morgan fingerprint density at radius 2 is 1.45 bits per heavy atom. The molecule has 3 N–H and O–H groups in total. The van der Waals surface area contributed by atoms with Crippen LogP contribution in [0.4, 0.5) is 11.4 Å². The number of benzene rings is 5. The van der Waals surface area contributed by atoms with Gasteiger partial charge in [-0.05, 0) is 113 Å². The number of ether oxygens (including phenoxy) is 1. The molecule has 236 valence electrons. The van der Waals surface area contributed by atoms with E-state index < -0.39 is 17.1 Å². The molecule has 0 aliphatic rings. The highest BCUT2D eigenvalue weighted by Gasteiger charge is 2.23. The van der Waals surface area contributed by atoms with Crippen LogP contribution in [-0.2, 0) is 9.59 Å². The predicted molar refractivity (Wildman–Crippen MR) is 197 cm³/mol. The van der Waals surface area contributed by atoms with Gasteiger partial charge < -0.3 is 20.7 Å². The Morgan fingerprint density at radius 1 is 0.766 bits per heavy atom. The summed E-state index contributed by atoms with van der Waals surface area (Å²) in [6.45, 7) is 2.45. The van der Waals surface area contributed by atoms with Crippen molar-refractivity contribution in [1.29, 1.82) is 0 Å². The van der Waals surface area contributed by atoms with Gasteiger partial charge in [-0.25, -0.2) is 0 Å². The fraction of sp³-hybridized carbons (Fsp3) is 0.0789. The summed E-state index contributed by atoms with van der Waals surface area (Å²) in [6.07, 6.45) is 1.62. The van der Waals surface area contributed by atoms with Crippen LogP contribution in [0.3, 0.4) is 0 Å². The average molecular weight is 754 g/mol. The second-order valence-corrected chi connectivity index (χ2v) is 12.7. The van der Waals surface area contributed by atoms with Crippen molar-refractivity contribution in [2.45, 2.75) is 17.1 Å². The van der Waals surface area contributed by atoms with Crippen molar-refractivity contribution in [2.75, 3.05) is 17.2 Å². The highest BCUT2D eigenvalue weighted by molar-refractivity contribution is 14.1. The van der Waals surface area contributed by atoms with E-state index in [1.54, 1.807) is 36.4 Å². The third-order valence-electron chi connectivity index (χ3n) is 6.83. The minimum absolute atomic E-state index is 0.0696. The number of rotatable bonds is 12. The summed E-state index contributed by atoms with van der Waals surface area (Å²) in [4.78, 5) is 41.0. The zero-order chi connectivity index (χ0) is 33.0. The molecule has 0 radical (unpaired) electrons. The zero-order valence-corrected chi connectivity index (χ0v) is 28.5. The largest absolute Gasteiger partial charge is 0.494 e. The van der Waals surface area contributed by atoms with Crippen molar-refractivity contribution in [3.8, 4) is 5.75 Å². The molecule has 0 bridgehead atoms. The maximum absolute atomic E-state index is 13.7. The summed E-state index contributed by atoms with van der Waals surface area (Å²) in [7, 11) is 0. The number of carbonyl (C=O) groups is 3. The maximum atomic E-state index is 13.7. The molecule has 0 saturated heterocycles. The SMILES string of the molecule is CCOc1ccc(/C=C(/NC(=O)c2ccccc2)C(=O)Nc2cccc(SC(C(=O)Nc3ccc(I)cc3)c3ccccc3)c2)cc1. The first-order chi connectivity index (χ1) is 22.9. The third-order valence-corrected chi connectivity index (χ3v) is 8.80. The molecule has 1 atom stereocenters. The van der Waals surface area contributed by atoms with E-state index in [4.69, 9.17) is 4.74 Å². The average Bonchev–Trinajstić information content (AvgIpc) is 3.09. The van der Waals surface area contributed by atoms with Gasteiger partial charge in [-0.15, -0.1) is 11.8 Å². The molecule has 5 aromatic carbocycles. The second-order valence-electron chi connectivity index (χ2n) is 10.3. The van der Waals surface area contributed by atoms with Gasteiger partial charge >= 0.3 is 0 Å². The lowest BCUT2D eigenvalue weighted by Crippen LogP contribution is -2.30. The number of amides is 3. The van der Waals surface area contributed by atoms with Gasteiger partial charge in [-0.2, -0.15) is 0 Å². The molecule has 1 unspecified atom stereocenters. The summed E-state index contributed by atoms with van der Waals surface area (Å²) in [5, 5.41) is 8.16. The van der Waals surface area contributed by atoms with Crippen molar-refractivity contribution in [3.63, 3.8) is 0 Å². The summed E-state index contributed by atoms with van der Waals surface area (Å²) in [5.74, 6) is -0.367. The third kappa shape index (κ3) is 9.81. The smallest absolute Gasteiger partial charge is 0.272 e. The Balaban J connectivity index is 1.37. The lowest BCUT2D eigenvalue weighted by molar-refractivity contribution is -0.116. The van der Waals surface area contributed by atoms with Crippen LogP contribution in [0.5, 0.6) is 5.75 Å². The number of hydrogen-bond acceptors (Lipinski definition) is 5. The Morgan fingerprint density at radius 3 is 2.13 bits per heavy atom. The van der Waals surface area contributed by atoms with Gasteiger partial charge in [0, 0.05) is 25.4 Å². The van der Waals surface area contributed by atoms with Crippen molar-refractivity contribution in [3.05, 3.63) is 159 Å². The van der Waals surface area contributed by atoms with Gasteiger partial charge in [0.05, 0.1) is 6.61 Å². The Kier molecular flexibility index (Phi) is 11.8. The number of hydrogen-bond donors (Lipinski definition) is 3. The maximum Gasteiger partial charge on any atom is 0.272 e. The lowest BCUT2D eigenvalue weighted by atomic mass is 10.1. The van der Waals surface area contributed by atoms with E-state index in [0.717, 1.165) is 14.0 Å². The first-order valence-electron chi connectivity index (χ1n) is 14.9. The number of nitrogens with one attached hydrogen (secondary N) is 3. The fourth-order valence-corrected chi connectivity index (χ4v) is 6.00. The van der Waals surface area contributed by atoms with Gasteiger partial charge in [-0.1, -0.05) is 66.7 Å². The number of anilines is 2. The quantitative estimate of drug-likeness (QED) is 0.0675. The molecule has 7 nitrogen and oxygen atoms in total. The number of thioether (sulfide) groups is 1. The lowest BCUT2D eigenvalue weighted by Gasteiger charge is -2.18. The normalized spacial score (nSPS) is 11.7. The summed E-state index contributed by atoms with van der Waals surface area (Å²) in [5.41, 5.74) is 3.27. The zero-order valence-electron chi connectivity index (χ0n) is 25.5. The van der Waals surface area contributed by atoms with Crippen molar-refractivity contribution < 1.29 is 19.1 Å². The van der Waals surface area contributed by atoms with Crippen LogP contribution in [0, 0.1) is 3.57 Å². The Hall–Kier alpha value is -4.87. The molecule has 5 aromatic rings. The van der Waals surface area contributed by atoms with Crippen LogP contribution in [-0.4, -0.2) is 24.3 Å². The van der Waals surface area contributed by atoms with E-state index in [2.05, 4.69) is 38.5 Å². The molecule has 47 heavy (non-hydrogen) atoms. The molecule has 0 aromatic heterocycles. The molecule has 5 rings (SSSR count). The highest BCUT2D eigenvalue weighted by atomic mass is 127. The van der Waals surface area contributed by atoms with E-state index in [1.165, 1.54) is 11.8 Å². The molecular formula is C38H32IN3O4S. The van der Waals surface area contributed by atoms with Crippen molar-refractivity contribution in [1.82, 2.24) is 5.32 Å². The number of carbonyl (C=O) groups excluding carboxylic acids is 3. The summed E-state index contributed by atoms with van der Waals surface area (Å²) >= 11 is 3.60. The molecular weight excluding hydrogens is 721 g/mol. The molecule has 0 saturated carbocycles. The molecule has 0 aliphatic heterocycles. The van der Waals surface area contributed by atoms with Gasteiger partial charge in [0.15, 0.2) is 0 Å². The monoisotopic (exact) mass is 753 g/mol. The topological polar surface area (TPSA) is 96.5 Å². The summed E-state index contributed by atoms with van der Waals surface area (Å²) < 4.78 is 6.61. The van der Waals surface area contributed by atoms with Crippen LogP contribution in [0.1, 0.15) is 33.7 Å². The van der Waals surface area contributed by atoms with Crippen LogP contribution < -0.4 is 20.7 Å². The minimum atomic E-state index is -0.554. The highest BCUT2D eigenvalue weighted by Crippen LogP contribution is 2.37. The first kappa shape index (κ1) is 33.5. The van der Waals surface area contributed by atoms with Crippen molar-refractivity contribution >= 4 is 69.5 Å². The van der Waals surface area contributed by atoms with Crippen LogP contribution in [0.15, 0.2) is 144 Å². The fourth-order valence-electron chi connectivity index (χ4n) is 4.56. The van der Waals surface area contributed by atoms with Crippen molar-refractivity contribution in [2.24, 2.45) is 0 Å². The number of halogens is 1. The molecule has 0 fully saturated rings. The first-order valence-corrected chi connectivity index (χ1v) is 16.8. The van der Waals surface area contributed by atoms with E-state index in [0.29, 0.717) is 34.9 Å². The Labute approximate surface area is 292 Å². The van der Waals surface area contributed by atoms with E-state index >= 15 is 0 Å². The van der Waals surface area contributed by atoms with Gasteiger partial charge in [0.2, 0.25) is 5.91 Å². The molecule has 3 amide bonds. The predicted octanol–water partition coefficient (Wildman–Crippen LogP) is 8.57. The van der Waals surface area contributed by atoms with E-state index in [9.17, 15) is 14.4 Å². The standard InChI is InChI=1S/C38H32IN3O4S/c1-2-46-32-22-16-26(17-23-32)24-34(42-36(43)28-12-7-4-8-13-28)37(44)41-31-14-9-15-33(25-31)47-35(27-10-5-3-6-11-27)38(45)40-30-20-18-29(39)19-21-30/h3-25,35H,2H2,1H3,(H,40,45)(H,41,44)(H,42,43)/b34-24+. The second kappa shape index (κ2) is 16.6. The summed E-state index contributed by atoms with van der Waals surface area (Å²) in [6, 6.07) is 40.4. The van der Waals surface area contributed by atoms with Crippen LogP contribution in [0.25, 0.3) is 6.08 Å². The molecule has 0 spiro atoms. The molecule has 0 aliphatic carbocycles. The van der Waals surface area contributed by atoms with Gasteiger partial charge in [0.1, 0.15) is 16.7 Å².